The molecule has 0 aliphatic carbocycles. The highest BCUT2D eigenvalue weighted by Gasteiger charge is 2.15. The van der Waals surface area contributed by atoms with E-state index < -0.39 is 0 Å². The second-order valence-corrected chi connectivity index (χ2v) is 6.92. The fourth-order valence-electron chi connectivity index (χ4n) is 2.27. The highest BCUT2D eigenvalue weighted by molar-refractivity contribution is 7.09. The summed E-state index contributed by atoms with van der Waals surface area (Å²) in [5.41, 5.74) is 1.22. The van der Waals surface area contributed by atoms with Gasteiger partial charge in [-0.2, -0.15) is 0 Å². The number of hydrogen-bond acceptors (Lipinski definition) is 3. The van der Waals surface area contributed by atoms with Crippen LogP contribution in [0.3, 0.4) is 0 Å². The van der Waals surface area contributed by atoms with Crippen LogP contribution in [0.4, 0.5) is 10.5 Å². The number of benzene rings is 1. The van der Waals surface area contributed by atoms with E-state index in [-0.39, 0.29) is 18.0 Å². The van der Waals surface area contributed by atoms with Gasteiger partial charge in [0.15, 0.2) is 0 Å². The van der Waals surface area contributed by atoms with Crippen molar-refractivity contribution in [2.75, 3.05) is 11.9 Å². The number of nitrogens with zero attached hydrogens (tertiary/aromatic N) is 1. The van der Waals surface area contributed by atoms with Crippen molar-refractivity contribution in [3.63, 3.8) is 0 Å². The van der Waals surface area contributed by atoms with Crippen molar-refractivity contribution < 1.29 is 9.59 Å². The van der Waals surface area contributed by atoms with Gasteiger partial charge in [-0.05, 0) is 49.6 Å². The van der Waals surface area contributed by atoms with Gasteiger partial charge in [-0.15, -0.1) is 17.9 Å². The molecule has 0 saturated heterocycles. The van der Waals surface area contributed by atoms with E-state index in [0.717, 1.165) is 4.88 Å². The Bertz CT molecular complexity index is 709. The van der Waals surface area contributed by atoms with Crippen molar-refractivity contribution in [2.45, 2.75) is 26.4 Å². The van der Waals surface area contributed by atoms with Crippen molar-refractivity contribution in [2.24, 2.45) is 0 Å². The first-order valence-corrected chi connectivity index (χ1v) is 8.97. The van der Waals surface area contributed by atoms with Gasteiger partial charge >= 0.3 is 6.03 Å². The largest absolute Gasteiger partial charge is 0.336 e. The van der Waals surface area contributed by atoms with Crippen LogP contribution in [0.25, 0.3) is 0 Å². The Morgan fingerprint density at radius 2 is 1.96 bits per heavy atom. The van der Waals surface area contributed by atoms with Crippen LogP contribution >= 0.6 is 11.3 Å². The zero-order chi connectivity index (χ0) is 18.2. The van der Waals surface area contributed by atoms with Gasteiger partial charge in [-0.3, -0.25) is 4.79 Å². The van der Waals surface area contributed by atoms with E-state index >= 15 is 0 Å². The summed E-state index contributed by atoms with van der Waals surface area (Å²) in [6.07, 6.45) is 1.72. The molecule has 2 N–H and O–H groups in total. The maximum absolute atomic E-state index is 12.7. The molecule has 3 amide bonds. The number of carbonyl (C=O) groups is 2. The summed E-state index contributed by atoms with van der Waals surface area (Å²) in [4.78, 5) is 27.3. The Kier molecular flexibility index (Phi) is 6.77. The molecule has 0 spiro atoms. The lowest BCUT2D eigenvalue weighted by Crippen LogP contribution is -2.34. The molecule has 2 rings (SSSR count). The monoisotopic (exact) mass is 357 g/mol. The van der Waals surface area contributed by atoms with E-state index in [2.05, 4.69) is 17.2 Å². The topological polar surface area (TPSA) is 61.4 Å². The molecule has 0 unspecified atom stereocenters. The summed E-state index contributed by atoms with van der Waals surface area (Å²) in [6, 6.07) is 10.7. The number of thiophene rings is 1. The van der Waals surface area contributed by atoms with Gasteiger partial charge in [-0.25, -0.2) is 4.79 Å². The molecule has 1 aromatic heterocycles. The van der Waals surface area contributed by atoms with Gasteiger partial charge in [0, 0.05) is 28.7 Å². The van der Waals surface area contributed by atoms with Gasteiger partial charge in [0.05, 0.1) is 6.54 Å². The molecule has 25 heavy (non-hydrogen) atoms. The first-order valence-electron chi connectivity index (χ1n) is 8.09. The van der Waals surface area contributed by atoms with E-state index in [4.69, 9.17) is 0 Å². The van der Waals surface area contributed by atoms with E-state index in [0.29, 0.717) is 24.3 Å². The number of carbonyl (C=O) groups excluding carboxylic acids is 2. The Morgan fingerprint density at radius 3 is 2.52 bits per heavy atom. The maximum atomic E-state index is 12.7. The lowest BCUT2D eigenvalue weighted by molar-refractivity contribution is 0.0764. The third-order valence-corrected chi connectivity index (χ3v) is 4.23. The highest BCUT2D eigenvalue weighted by Crippen LogP contribution is 2.16. The van der Waals surface area contributed by atoms with Crippen molar-refractivity contribution in [3.05, 3.63) is 64.9 Å². The van der Waals surface area contributed by atoms with Crippen LogP contribution in [0.2, 0.25) is 0 Å². The first kappa shape index (κ1) is 18.7. The van der Waals surface area contributed by atoms with E-state index in [1.165, 1.54) is 0 Å². The molecule has 6 heteroatoms. The number of rotatable bonds is 7. The Morgan fingerprint density at radius 1 is 1.24 bits per heavy atom. The molecular formula is C19H23N3O2S. The van der Waals surface area contributed by atoms with Gasteiger partial charge in [0.2, 0.25) is 0 Å². The molecule has 0 fully saturated rings. The van der Waals surface area contributed by atoms with Crippen LogP contribution in [0.1, 0.15) is 29.1 Å². The summed E-state index contributed by atoms with van der Waals surface area (Å²) < 4.78 is 0. The Hall–Kier alpha value is -2.60. The minimum atomic E-state index is -0.264. The molecule has 0 saturated carbocycles. The lowest BCUT2D eigenvalue weighted by atomic mass is 10.1. The average Bonchev–Trinajstić information content (AvgIpc) is 3.07. The van der Waals surface area contributed by atoms with Crippen molar-refractivity contribution >= 4 is 29.0 Å². The molecule has 0 atom stereocenters. The predicted octanol–water partition coefficient (Wildman–Crippen LogP) is 4.11. The normalized spacial score (nSPS) is 10.4. The first-order chi connectivity index (χ1) is 12.0. The fourth-order valence-corrected chi connectivity index (χ4v) is 2.99. The molecule has 5 nitrogen and oxygen atoms in total. The number of anilines is 1. The highest BCUT2D eigenvalue weighted by atomic mass is 32.1. The molecule has 2 aromatic rings. The molecule has 132 valence electrons. The van der Waals surface area contributed by atoms with Crippen LogP contribution < -0.4 is 10.6 Å². The van der Waals surface area contributed by atoms with Crippen LogP contribution in [0.5, 0.6) is 0 Å². The van der Waals surface area contributed by atoms with Crippen LogP contribution in [0, 0.1) is 0 Å². The van der Waals surface area contributed by atoms with E-state index in [9.17, 15) is 9.59 Å². The van der Waals surface area contributed by atoms with Crippen LogP contribution in [0.15, 0.2) is 54.4 Å². The predicted molar refractivity (Wildman–Crippen MR) is 103 cm³/mol. The third-order valence-electron chi connectivity index (χ3n) is 3.37. The van der Waals surface area contributed by atoms with Gasteiger partial charge < -0.3 is 15.5 Å². The fraction of sp³-hybridized carbons (Fsp3) is 0.263. The number of hydrogen-bond donors (Lipinski definition) is 2. The second kappa shape index (κ2) is 9.03. The quantitative estimate of drug-likeness (QED) is 0.733. The summed E-state index contributed by atoms with van der Waals surface area (Å²) in [7, 11) is 0. The Balaban J connectivity index is 2.04. The van der Waals surface area contributed by atoms with Crippen molar-refractivity contribution in [3.8, 4) is 0 Å². The maximum Gasteiger partial charge on any atom is 0.319 e. The lowest BCUT2D eigenvalue weighted by Gasteiger charge is -2.20. The van der Waals surface area contributed by atoms with Gasteiger partial charge in [-0.1, -0.05) is 12.1 Å². The molecule has 0 aliphatic rings. The molecule has 0 bridgehead atoms. The molecule has 1 heterocycles. The molecule has 1 aromatic carbocycles. The minimum Gasteiger partial charge on any atom is -0.336 e. The number of urea groups is 1. The minimum absolute atomic E-state index is 0.0607. The zero-order valence-corrected chi connectivity index (χ0v) is 15.3. The summed E-state index contributed by atoms with van der Waals surface area (Å²) in [5, 5.41) is 7.49. The molecular weight excluding hydrogens is 334 g/mol. The third kappa shape index (κ3) is 5.76. The molecule has 0 aliphatic heterocycles. The van der Waals surface area contributed by atoms with E-state index in [1.807, 2.05) is 31.4 Å². The van der Waals surface area contributed by atoms with Gasteiger partial charge in [0.1, 0.15) is 0 Å². The Labute approximate surface area is 152 Å². The smallest absolute Gasteiger partial charge is 0.319 e. The van der Waals surface area contributed by atoms with E-state index in [1.54, 1.807) is 46.6 Å². The molecule has 0 radical (unpaired) electrons. The van der Waals surface area contributed by atoms with Crippen molar-refractivity contribution in [1.82, 2.24) is 10.2 Å². The standard InChI is InChI=1S/C19H23N3O2S/c1-4-11-22(13-17-6-5-12-25-17)18(23)15-7-9-16(10-8-15)21-19(24)20-14(2)3/h4-10,12,14H,1,11,13H2,2-3H3,(H2,20,21,24). The summed E-state index contributed by atoms with van der Waals surface area (Å²) in [6.45, 7) is 8.55. The summed E-state index contributed by atoms with van der Waals surface area (Å²) >= 11 is 1.62. The number of amides is 3. The van der Waals surface area contributed by atoms with Crippen LogP contribution in [-0.2, 0) is 6.54 Å². The average molecular weight is 357 g/mol. The summed E-state index contributed by atoms with van der Waals surface area (Å²) in [5.74, 6) is -0.0634. The van der Waals surface area contributed by atoms with Crippen molar-refractivity contribution in [1.29, 1.82) is 0 Å². The second-order valence-electron chi connectivity index (χ2n) is 5.88. The SMILES string of the molecule is C=CCN(Cc1cccs1)C(=O)c1ccc(NC(=O)NC(C)C)cc1. The van der Waals surface area contributed by atoms with Gasteiger partial charge in [0.25, 0.3) is 5.91 Å². The van der Waals surface area contributed by atoms with Crippen LogP contribution in [-0.4, -0.2) is 29.4 Å². The number of nitrogens with one attached hydrogen (secondary N) is 2. The zero-order valence-electron chi connectivity index (χ0n) is 14.5.